The number of likely N-dealkylation sites (tertiary alicyclic amines) is 2. The fourth-order valence-electron chi connectivity index (χ4n) is 8.21. The molecule has 66 heavy (non-hydrogen) atoms. The van der Waals surface area contributed by atoms with Gasteiger partial charge in [-0.25, -0.2) is 16.8 Å². The summed E-state index contributed by atoms with van der Waals surface area (Å²) in [6.45, 7) is 0.561. The van der Waals surface area contributed by atoms with E-state index in [1.165, 1.54) is 38.5 Å². The van der Waals surface area contributed by atoms with Gasteiger partial charge in [0.1, 0.15) is 24.6 Å². The standard InChI is InChI=1S/2C25H25ClN2O4S/c1-32-22-9-5-10-23(17-22)33(30,31)28(21-14-12-20(26)13-15-21)18-25(29)27-16-6-11-24(27)19-7-3-2-4-8-19;1-32-22-13-15-23(16-14-22)33(30,31)28(21-11-9-20(26)10-12-21)18-25(29)27-17-5-8-24(27)19-6-3-2-4-7-19/h2-5,7-10,12-15,17,24H,6,11,16,18H2,1H3;2-4,6-7,9-16,24H,5,8,17-18H2,1H3. The number of benzene rings is 6. The van der Waals surface area contributed by atoms with Crippen LogP contribution < -0.4 is 18.1 Å². The van der Waals surface area contributed by atoms with E-state index in [4.69, 9.17) is 32.7 Å². The van der Waals surface area contributed by atoms with Crippen LogP contribution in [0.15, 0.2) is 168 Å². The predicted octanol–water partition coefficient (Wildman–Crippen LogP) is 9.82. The topological polar surface area (TPSA) is 134 Å². The molecule has 0 saturated carbocycles. The maximum Gasteiger partial charge on any atom is 0.264 e. The fourth-order valence-corrected chi connectivity index (χ4v) is 11.3. The number of hydrogen-bond acceptors (Lipinski definition) is 8. The number of sulfonamides is 2. The van der Waals surface area contributed by atoms with Gasteiger partial charge in [0, 0.05) is 29.2 Å². The molecule has 0 aromatic heterocycles. The molecule has 344 valence electrons. The molecule has 0 bridgehead atoms. The van der Waals surface area contributed by atoms with Gasteiger partial charge in [0.2, 0.25) is 11.8 Å². The van der Waals surface area contributed by atoms with Crippen LogP contribution in [0.1, 0.15) is 48.9 Å². The van der Waals surface area contributed by atoms with E-state index < -0.39 is 20.0 Å². The molecule has 12 nitrogen and oxygen atoms in total. The molecule has 2 aliphatic rings. The van der Waals surface area contributed by atoms with Crippen molar-refractivity contribution in [1.82, 2.24) is 9.80 Å². The Morgan fingerprint density at radius 1 is 0.530 bits per heavy atom. The first kappa shape index (κ1) is 47.9. The summed E-state index contributed by atoms with van der Waals surface area (Å²) in [5.74, 6) is 0.476. The number of hydrogen-bond donors (Lipinski definition) is 0. The fraction of sp³-hybridized carbons (Fsp3) is 0.240. The van der Waals surface area contributed by atoms with E-state index in [2.05, 4.69) is 0 Å². The molecule has 0 N–H and O–H groups in total. The smallest absolute Gasteiger partial charge is 0.264 e. The van der Waals surface area contributed by atoms with Gasteiger partial charge in [-0.15, -0.1) is 0 Å². The highest BCUT2D eigenvalue weighted by Gasteiger charge is 2.36. The molecule has 2 fully saturated rings. The number of anilines is 2. The number of rotatable bonds is 14. The maximum atomic E-state index is 13.7. The molecule has 0 radical (unpaired) electrons. The first-order valence-electron chi connectivity index (χ1n) is 21.3. The summed E-state index contributed by atoms with van der Waals surface area (Å²) in [4.78, 5) is 30.6. The van der Waals surface area contributed by atoms with Gasteiger partial charge in [0.15, 0.2) is 0 Å². The molecular weight excluding hydrogens is 920 g/mol. The SMILES string of the molecule is COc1ccc(S(=O)(=O)N(CC(=O)N2CCCC2c2ccccc2)c2ccc(Cl)cc2)cc1.COc1cccc(S(=O)(=O)N(CC(=O)N2CCCC2c2ccccc2)c2ccc(Cl)cc2)c1. The predicted molar refractivity (Wildman–Crippen MR) is 258 cm³/mol. The maximum absolute atomic E-state index is 13.7. The Hall–Kier alpha value is -6.06. The molecule has 2 atom stereocenters. The zero-order chi connectivity index (χ0) is 46.8. The number of methoxy groups -OCH3 is 2. The van der Waals surface area contributed by atoms with Crippen molar-refractivity contribution in [2.75, 3.05) is 49.0 Å². The molecule has 0 aliphatic carbocycles. The molecule has 0 spiro atoms. The zero-order valence-electron chi connectivity index (χ0n) is 36.4. The van der Waals surface area contributed by atoms with Crippen molar-refractivity contribution < 1.29 is 35.9 Å². The molecule has 8 rings (SSSR count). The number of amides is 2. The third-order valence-corrected chi connectivity index (χ3v) is 15.6. The molecule has 6 aromatic rings. The third kappa shape index (κ3) is 11.1. The van der Waals surface area contributed by atoms with Crippen LogP contribution in [0.25, 0.3) is 0 Å². The third-order valence-electron chi connectivity index (χ3n) is 11.6. The number of carbonyl (C=O) groups excluding carboxylic acids is 2. The van der Waals surface area contributed by atoms with Gasteiger partial charge in [-0.1, -0.05) is 89.9 Å². The zero-order valence-corrected chi connectivity index (χ0v) is 39.6. The lowest BCUT2D eigenvalue weighted by atomic mass is 10.0. The van der Waals surface area contributed by atoms with Gasteiger partial charge in [0.05, 0.1) is 47.5 Å². The Kier molecular flexibility index (Phi) is 15.6. The van der Waals surface area contributed by atoms with E-state index in [0.717, 1.165) is 45.4 Å². The summed E-state index contributed by atoms with van der Waals surface area (Å²) in [6.07, 6.45) is 3.44. The highest BCUT2D eigenvalue weighted by atomic mass is 35.5. The normalized spacial score (nSPS) is 15.9. The summed E-state index contributed by atoms with van der Waals surface area (Å²) in [5.41, 5.74) is 2.85. The van der Waals surface area contributed by atoms with Crippen molar-refractivity contribution in [3.63, 3.8) is 0 Å². The Balaban J connectivity index is 0.000000196. The highest BCUT2D eigenvalue weighted by molar-refractivity contribution is 7.93. The molecule has 2 aliphatic heterocycles. The van der Waals surface area contributed by atoms with E-state index in [-0.39, 0.29) is 46.8 Å². The van der Waals surface area contributed by atoms with Gasteiger partial charge >= 0.3 is 0 Å². The van der Waals surface area contributed by atoms with E-state index in [0.29, 0.717) is 46.0 Å². The van der Waals surface area contributed by atoms with Gasteiger partial charge in [-0.3, -0.25) is 18.2 Å². The van der Waals surface area contributed by atoms with Gasteiger partial charge in [-0.05, 0) is 122 Å². The Bertz CT molecular complexity index is 2810. The van der Waals surface area contributed by atoms with Crippen LogP contribution in [0.4, 0.5) is 11.4 Å². The Morgan fingerprint density at radius 3 is 1.38 bits per heavy atom. The van der Waals surface area contributed by atoms with Crippen LogP contribution in [0.2, 0.25) is 10.0 Å². The minimum Gasteiger partial charge on any atom is -0.497 e. The molecule has 2 heterocycles. The average molecular weight is 970 g/mol. The van der Waals surface area contributed by atoms with Crippen molar-refractivity contribution in [2.24, 2.45) is 0 Å². The van der Waals surface area contributed by atoms with Crippen molar-refractivity contribution in [1.29, 1.82) is 0 Å². The summed E-state index contributed by atoms with van der Waals surface area (Å²) in [6, 6.07) is 44.8. The summed E-state index contributed by atoms with van der Waals surface area (Å²) >= 11 is 12.0. The summed E-state index contributed by atoms with van der Waals surface area (Å²) in [7, 11) is -5.06. The van der Waals surface area contributed by atoms with Crippen LogP contribution in [0.5, 0.6) is 11.5 Å². The van der Waals surface area contributed by atoms with Crippen LogP contribution in [0.3, 0.4) is 0 Å². The molecule has 16 heteroatoms. The first-order chi connectivity index (χ1) is 31.8. The summed E-state index contributed by atoms with van der Waals surface area (Å²) < 4.78 is 67.1. The summed E-state index contributed by atoms with van der Waals surface area (Å²) in [5, 5.41) is 0.961. The van der Waals surface area contributed by atoms with Gasteiger partial charge in [0.25, 0.3) is 20.0 Å². The number of ether oxygens (including phenoxy) is 2. The highest BCUT2D eigenvalue weighted by Crippen LogP contribution is 2.35. The second-order valence-corrected chi connectivity index (χ2v) is 20.2. The number of nitrogens with zero attached hydrogens (tertiary/aromatic N) is 4. The Morgan fingerprint density at radius 2 is 0.955 bits per heavy atom. The molecule has 2 amide bonds. The van der Waals surface area contributed by atoms with E-state index in [9.17, 15) is 26.4 Å². The van der Waals surface area contributed by atoms with Crippen molar-refractivity contribution in [3.8, 4) is 11.5 Å². The van der Waals surface area contributed by atoms with Crippen LogP contribution in [-0.2, 0) is 29.6 Å². The lowest BCUT2D eigenvalue weighted by Crippen LogP contribution is -2.42. The largest absolute Gasteiger partial charge is 0.497 e. The number of carbonyl (C=O) groups is 2. The minimum atomic E-state index is -4.04. The minimum absolute atomic E-state index is 0.0469. The van der Waals surface area contributed by atoms with Crippen molar-refractivity contribution >= 4 is 66.4 Å². The van der Waals surface area contributed by atoms with E-state index in [1.54, 1.807) is 82.6 Å². The Labute approximate surface area is 397 Å². The van der Waals surface area contributed by atoms with Crippen LogP contribution >= 0.6 is 23.2 Å². The van der Waals surface area contributed by atoms with Gasteiger partial charge < -0.3 is 19.3 Å². The average Bonchev–Trinajstić information content (AvgIpc) is 4.06. The number of halogens is 2. The second-order valence-electron chi connectivity index (χ2n) is 15.6. The monoisotopic (exact) mass is 968 g/mol. The van der Waals surface area contributed by atoms with Gasteiger partial charge in [-0.2, -0.15) is 0 Å². The molecule has 2 saturated heterocycles. The van der Waals surface area contributed by atoms with Crippen molar-refractivity contribution in [2.45, 2.75) is 47.6 Å². The molecular formula is C50H50Cl2N4O8S2. The lowest BCUT2D eigenvalue weighted by Gasteiger charge is -2.30. The quantitative estimate of drug-likeness (QED) is 0.105. The van der Waals surface area contributed by atoms with Crippen LogP contribution in [0, 0.1) is 0 Å². The van der Waals surface area contributed by atoms with E-state index >= 15 is 0 Å². The molecule has 2 unspecified atom stereocenters. The van der Waals surface area contributed by atoms with E-state index in [1.807, 2.05) is 60.7 Å². The molecule has 6 aromatic carbocycles. The second kappa shape index (κ2) is 21.5. The van der Waals surface area contributed by atoms with Crippen molar-refractivity contribution in [3.05, 3.63) is 179 Å². The van der Waals surface area contributed by atoms with Crippen LogP contribution in [-0.4, -0.2) is 78.8 Å². The first-order valence-corrected chi connectivity index (χ1v) is 25.0. The lowest BCUT2D eigenvalue weighted by molar-refractivity contribution is -0.131.